The van der Waals surface area contributed by atoms with Crippen molar-refractivity contribution in [1.29, 1.82) is 0 Å². The molecule has 0 aliphatic heterocycles. The van der Waals surface area contributed by atoms with E-state index in [4.69, 9.17) is 9.84 Å². The van der Waals surface area contributed by atoms with E-state index in [-0.39, 0.29) is 25.7 Å². The fourth-order valence-electron chi connectivity index (χ4n) is 0.916. The second kappa shape index (κ2) is 7.24. The summed E-state index contributed by atoms with van der Waals surface area (Å²) < 4.78 is 4.94. The van der Waals surface area contributed by atoms with Gasteiger partial charge >= 0.3 is 11.9 Å². The molecule has 100 valence electrons. The summed E-state index contributed by atoms with van der Waals surface area (Å²) >= 11 is 0. The fourth-order valence-corrected chi connectivity index (χ4v) is 0.916. The topological polar surface area (TPSA) is 95.9 Å². The van der Waals surface area contributed by atoms with Crippen molar-refractivity contribution >= 4 is 11.9 Å². The van der Waals surface area contributed by atoms with Gasteiger partial charge in [0.25, 0.3) is 0 Å². The normalized spacial score (nSPS) is 13.2. The molecule has 1 unspecified atom stereocenters. The van der Waals surface area contributed by atoms with Gasteiger partial charge in [-0.1, -0.05) is 6.92 Å². The molecule has 0 saturated heterocycles. The van der Waals surface area contributed by atoms with E-state index < -0.39 is 17.5 Å². The Kier molecular flexibility index (Phi) is 6.75. The zero-order valence-corrected chi connectivity index (χ0v) is 10.5. The lowest BCUT2D eigenvalue weighted by Crippen LogP contribution is -2.36. The summed E-state index contributed by atoms with van der Waals surface area (Å²) in [6, 6.07) is 0. The van der Waals surface area contributed by atoms with Crippen molar-refractivity contribution in [2.24, 2.45) is 5.41 Å². The minimum atomic E-state index is -0.999. The first-order valence-electron chi connectivity index (χ1n) is 5.57. The van der Waals surface area contributed by atoms with Gasteiger partial charge in [0.1, 0.15) is 12.7 Å². The Hall–Kier alpha value is -1.14. The number of esters is 1. The van der Waals surface area contributed by atoms with E-state index in [0.717, 1.165) is 0 Å². The highest BCUT2D eigenvalue weighted by Crippen LogP contribution is 2.21. The highest BCUT2D eigenvalue weighted by molar-refractivity contribution is 5.75. The number of aliphatic hydroxyl groups is 1. The third kappa shape index (κ3) is 6.91. The average Bonchev–Trinajstić information content (AvgIpc) is 2.25. The minimum Gasteiger partial charge on any atom is -0.480 e. The van der Waals surface area contributed by atoms with Gasteiger partial charge in [-0.3, -0.25) is 9.59 Å². The molecule has 0 radical (unpaired) electrons. The van der Waals surface area contributed by atoms with Crippen molar-refractivity contribution in [2.45, 2.75) is 33.3 Å². The van der Waals surface area contributed by atoms with Crippen LogP contribution in [-0.4, -0.2) is 48.0 Å². The first-order valence-corrected chi connectivity index (χ1v) is 5.57. The van der Waals surface area contributed by atoms with E-state index in [0.29, 0.717) is 6.42 Å². The maximum Gasteiger partial charge on any atom is 0.317 e. The highest BCUT2D eigenvalue weighted by Gasteiger charge is 2.27. The van der Waals surface area contributed by atoms with Gasteiger partial charge in [-0.25, -0.2) is 0 Å². The summed E-state index contributed by atoms with van der Waals surface area (Å²) in [6.45, 7) is 5.13. The van der Waals surface area contributed by atoms with Crippen LogP contribution in [0.5, 0.6) is 0 Å². The second-order valence-corrected chi connectivity index (χ2v) is 4.51. The molecular formula is C11H21NO5. The number of aliphatic hydroxyl groups excluding tert-OH is 1. The van der Waals surface area contributed by atoms with Gasteiger partial charge in [0, 0.05) is 6.54 Å². The maximum absolute atomic E-state index is 11.5. The molecule has 0 bridgehead atoms. The lowest BCUT2D eigenvalue weighted by atomic mass is 9.91. The van der Waals surface area contributed by atoms with Gasteiger partial charge in [0.2, 0.25) is 0 Å². The number of hydrogen-bond donors (Lipinski definition) is 3. The van der Waals surface area contributed by atoms with E-state index in [1.54, 1.807) is 13.8 Å². The molecule has 0 spiro atoms. The summed E-state index contributed by atoms with van der Waals surface area (Å²) in [5.74, 6) is -1.36. The Morgan fingerprint density at radius 2 is 2.00 bits per heavy atom. The molecule has 0 aliphatic carbocycles. The molecule has 0 rings (SSSR count). The Bertz CT molecular complexity index is 265. The van der Waals surface area contributed by atoms with Crippen LogP contribution in [0.4, 0.5) is 0 Å². The molecule has 0 aromatic carbocycles. The van der Waals surface area contributed by atoms with E-state index in [1.807, 2.05) is 6.92 Å². The number of nitrogens with one attached hydrogen (secondary N) is 1. The molecule has 0 fully saturated rings. The van der Waals surface area contributed by atoms with Gasteiger partial charge in [0.05, 0.1) is 12.0 Å². The SMILES string of the molecule is CCC(C)(C)C(=O)OCC(O)CNCC(=O)O. The van der Waals surface area contributed by atoms with Gasteiger partial charge in [-0.05, 0) is 20.3 Å². The van der Waals surface area contributed by atoms with Crippen molar-refractivity contribution in [3.63, 3.8) is 0 Å². The van der Waals surface area contributed by atoms with Gasteiger partial charge in [-0.2, -0.15) is 0 Å². The first kappa shape index (κ1) is 15.9. The third-order valence-electron chi connectivity index (χ3n) is 2.50. The van der Waals surface area contributed by atoms with Crippen LogP contribution in [0.15, 0.2) is 0 Å². The smallest absolute Gasteiger partial charge is 0.317 e. The second-order valence-electron chi connectivity index (χ2n) is 4.51. The number of hydrogen-bond acceptors (Lipinski definition) is 5. The Balaban J connectivity index is 3.80. The molecular weight excluding hydrogens is 226 g/mol. The average molecular weight is 247 g/mol. The van der Waals surface area contributed by atoms with Gasteiger partial charge < -0.3 is 20.3 Å². The molecule has 17 heavy (non-hydrogen) atoms. The summed E-state index contributed by atoms with van der Waals surface area (Å²) in [5.41, 5.74) is -0.561. The summed E-state index contributed by atoms with van der Waals surface area (Å²) in [4.78, 5) is 21.7. The molecule has 3 N–H and O–H groups in total. The summed E-state index contributed by atoms with van der Waals surface area (Å²) in [7, 11) is 0. The molecule has 0 amide bonds. The van der Waals surface area contributed by atoms with Gasteiger partial charge in [-0.15, -0.1) is 0 Å². The van der Waals surface area contributed by atoms with Crippen LogP contribution < -0.4 is 5.32 Å². The van der Waals surface area contributed by atoms with E-state index in [9.17, 15) is 14.7 Å². The molecule has 6 nitrogen and oxygen atoms in total. The lowest BCUT2D eigenvalue weighted by Gasteiger charge is -2.21. The van der Waals surface area contributed by atoms with Crippen LogP contribution >= 0.6 is 0 Å². The van der Waals surface area contributed by atoms with Crippen molar-refractivity contribution in [2.75, 3.05) is 19.7 Å². The van der Waals surface area contributed by atoms with Crippen LogP contribution in [0.1, 0.15) is 27.2 Å². The molecule has 0 saturated carbocycles. The minimum absolute atomic E-state index is 0.0755. The number of carboxylic acids is 1. The predicted octanol–water partition coefficient (Wildman–Crippen LogP) is 0.000900. The molecule has 6 heteroatoms. The van der Waals surface area contributed by atoms with E-state index in [1.165, 1.54) is 0 Å². The zero-order valence-electron chi connectivity index (χ0n) is 10.5. The molecule has 0 heterocycles. The van der Waals surface area contributed by atoms with Crippen molar-refractivity contribution < 1.29 is 24.5 Å². The van der Waals surface area contributed by atoms with E-state index >= 15 is 0 Å². The van der Waals surface area contributed by atoms with Crippen LogP contribution in [0, 0.1) is 5.41 Å². The van der Waals surface area contributed by atoms with E-state index in [2.05, 4.69) is 5.32 Å². The number of aliphatic carboxylic acids is 1. The monoisotopic (exact) mass is 247 g/mol. The number of ether oxygens (including phenoxy) is 1. The zero-order chi connectivity index (χ0) is 13.5. The Morgan fingerprint density at radius 1 is 1.41 bits per heavy atom. The molecule has 0 aliphatic rings. The van der Waals surface area contributed by atoms with Crippen molar-refractivity contribution in [3.05, 3.63) is 0 Å². The summed E-state index contributed by atoms with van der Waals surface area (Å²) in [6.07, 6.45) is -0.245. The predicted molar refractivity (Wildman–Crippen MR) is 61.5 cm³/mol. The van der Waals surface area contributed by atoms with Gasteiger partial charge in [0.15, 0.2) is 0 Å². The fraction of sp³-hybridized carbons (Fsp3) is 0.818. The van der Waals surface area contributed by atoms with Crippen molar-refractivity contribution in [1.82, 2.24) is 5.32 Å². The number of rotatable bonds is 8. The lowest BCUT2D eigenvalue weighted by molar-refractivity contribution is -0.157. The van der Waals surface area contributed by atoms with Crippen LogP contribution in [-0.2, 0) is 14.3 Å². The van der Waals surface area contributed by atoms with Crippen LogP contribution in [0.2, 0.25) is 0 Å². The largest absolute Gasteiger partial charge is 0.480 e. The van der Waals surface area contributed by atoms with Crippen molar-refractivity contribution in [3.8, 4) is 0 Å². The third-order valence-corrected chi connectivity index (χ3v) is 2.50. The number of carbonyl (C=O) groups excluding carboxylic acids is 1. The molecule has 1 atom stereocenters. The Morgan fingerprint density at radius 3 is 2.47 bits per heavy atom. The Labute approximate surface area is 101 Å². The van der Waals surface area contributed by atoms with Crippen LogP contribution in [0.25, 0.3) is 0 Å². The number of carbonyl (C=O) groups is 2. The molecule has 0 aromatic heterocycles. The standard InChI is InChI=1S/C11H21NO5/c1-4-11(2,3)10(16)17-7-8(13)5-12-6-9(14)15/h8,12-13H,4-7H2,1-3H3,(H,14,15). The highest BCUT2D eigenvalue weighted by atomic mass is 16.5. The quantitative estimate of drug-likeness (QED) is 0.522. The summed E-state index contributed by atoms with van der Waals surface area (Å²) in [5, 5.41) is 20.3. The van der Waals surface area contributed by atoms with Crippen LogP contribution in [0.3, 0.4) is 0 Å². The number of carboxylic acid groups (broad SMARTS) is 1. The first-order chi connectivity index (χ1) is 7.79. The molecule has 0 aromatic rings. The maximum atomic E-state index is 11.5.